The van der Waals surface area contributed by atoms with Crippen LogP contribution in [0.3, 0.4) is 0 Å². The maximum Gasteiger partial charge on any atom is 0.238 e. The van der Waals surface area contributed by atoms with E-state index >= 15 is 0 Å². The fraction of sp³-hybridized carbons (Fsp3) is 0.188. The Morgan fingerprint density at radius 3 is 2.62 bits per heavy atom. The summed E-state index contributed by atoms with van der Waals surface area (Å²) in [6.45, 7) is 2.91. The molecule has 0 heterocycles. The topological polar surface area (TPSA) is 41.1 Å². The molecule has 0 unspecified atom stereocenters. The molecule has 2 rings (SSSR count). The van der Waals surface area contributed by atoms with Crippen LogP contribution >= 0.6 is 23.2 Å². The van der Waals surface area contributed by atoms with E-state index in [4.69, 9.17) is 23.2 Å². The van der Waals surface area contributed by atoms with Gasteiger partial charge in [-0.15, -0.1) is 0 Å². The number of hydrogen-bond acceptors (Lipinski definition) is 2. The van der Waals surface area contributed by atoms with Crippen molar-refractivity contribution in [1.82, 2.24) is 5.32 Å². The van der Waals surface area contributed by atoms with Gasteiger partial charge in [0.2, 0.25) is 5.91 Å². The van der Waals surface area contributed by atoms with Gasteiger partial charge in [-0.3, -0.25) is 4.79 Å². The first-order valence-electron chi connectivity index (χ1n) is 6.56. The van der Waals surface area contributed by atoms with Gasteiger partial charge in [0.05, 0.1) is 17.3 Å². The number of amides is 1. The normalized spacial score (nSPS) is 10.4. The van der Waals surface area contributed by atoms with Crippen molar-refractivity contribution in [3.05, 3.63) is 63.6 Å². The van der Waals surface area contributed by atoms with Crippen molar-refractivity contribution in [3.8, 4) is 0 Å². The zero-order valence-corrected chi connectivity index (χ0v) is 13.1. The van der Waals surface area contributed by atoms with Gasteiger partial charge in [-0.25, -0.2) is 0 Å². The molecule has 0 saturated heterocycles. The van der Waals surface area contributed by atoms with Crippen LogP contribution in [0.4, 0.5) is 5.69 Å². The number of aryl methyl sites for hydroxylation is 1. The number of benzene rings is 2. The van der Waals surface area contributed by atoms with Crippen LogP contribution in [-0.2, 0) is 11.3 Å². The lowest BCUT2D eigenvalue weighted by Gasteiger charge is -2.09. The highest BCUT2D eigenvalue weighted by Gasteiger charge is 2.06. The summed E-state index contributed by atoms with van der Waals surface area (Å²) in [5, 5.41) is 6.82. The highest BCUT2D eigenvalue weighted by atomic mass is 35.5. The van der Waals surface area contributed by atoms with Gasteiger partial charge < -0.3 is 10.6 Å². The molecule has 3 nitrogen and oxygen atoms in total. The van der Waals surface area contributed by atoms with E-state index in [1.54, 1.807) is 18.2 Å². The number of rotatable bonds is 5. The first-order valence-corrected chi connectivity index (χ1v) is 7.32. The summed E-state index contributed by atoms with van der Waals surface area (Å²) in [7, 11) is 0. The molecule has 0 aliphatic carbocycles. The van der Waals surface area contributed by atoms with Gasteiger partial charge in [-0.2, -0.15) is 0 Å². The molecule has 0 aliphatic heterocycles. The quantitative estimate of drug-likeness (QED) is 0.872. The summed E-state index contributed by atoms with van der Waals surface area (Å²) in [6.07, 6.45) is 0. The van der Waals surface area contributed by atoms with E-state index in [2.05, 4.69) is 10.6 Å². The first kappa shape index (κ1) is 15.8. The molecule has 1 amide bonds. The number of halogens is 2. The fourth-order valence-corrected chi connectivity index (χ4v) is 2.36. The van der Waals surface area contributed by atoms with Crippen LogP contribution < -0.4 is 10.6 Å². The average Bonchev–Trinajstić information content (AvgIpc) is 2.44. The second-order valence-electron chi connectivity index (χ2n) is 4.70. The lowest BCUT2D eigenvalue weighted by molar-refractivity contribution is -0.115. The maximum atomic E-state index is 11.9. The van der Waals surface area contributed by atoms with Crippen molar-refractivity contribution in [2.45, 2.75) is 13.5 Å². The van der Waals surface area contributed by atoms with E-state index in [1.165, 1.54) is 11.1 Å². The maximum absolute atomic E-state index is 11.9. The van der Waals surface area contributed by atoms with Gasteiger partial charge >= 0.3 is 0 Å². The molecule has 21 heavy (non-hydrogen) atoms. The Bertz CT molecular complexity index is 644. The highest BCUT2D eigenvalue weighted by Crippen LogP contribution is 2.25. The van der Waals surface area contributed by atoms with E-state index in [0.717, 1.165) is 0 Å². The molecular weight excluding hydrogens is 307 g/mol. The first-order chi connectivity index (χ1) is 10.1. The molecule has 0 fully saturated rings. The standard InChI is InChI=1S/C16H16Cl2N2O/c1-11-4-2-3-5-12(11)9-19-10-16(21)20-15-7-6-13(17)8-14(15)18/h2-8,19H,9-10H2,1H3,(H,20,21). The minimum Gasteiger partial charge on any atom is -0.324 e. The van der Waals surface area contributed by atoms with Gasteiger partial charge in [-0.1, -0.05) is 47.5 Å². The van der Waals surface area contributed by atoms with E-state index in [-0.39, 0.29) is 12.5 Å². The van der Waals surface area contributed by atoms with Crippen LogP contribution in [0.1, 0.15) is 11.1 Å². The fourth-order valence-electron chi connectivity index (χ4n) is 1.90. The lowest BCUT2D eigenvalue weighted by Crippen LogP contribution is -2.28. The number of carbonyl (C=O) groups is 1. The van der Waals surface area contributed by atoms with Crippen LogP contribution in [0.25, 0.3) is 0 Å². The monoisotopic (exact) mass is 322 g/mol. The molecule has 0 aromatic heterocycles. The molecule has 2 aromatic carbocycles. The van der Waals surface area contributed by atoms with Crippen molar-refractivity contribution < 1.29 is 4.79 Å². The Hall–Kier alpha value is -1.55. The van der Waals surface area contributed by atoms with E-state index in [0.29, 0.717) is 22.3 Å². The second-order valence-corrected chi connectivity index (χ2v) is 5.55. The molecule has 0 aliphatic rings. The molecule has 0 radical (unpaired) electrons. The van der Waals surface area contributed by atoms with Crippen molar-refractivity contribution in [2.75, 3.05) is 11.9 Å². The molecule has 0 atom stereocenters. The third-order valence-electron chi connectivity index (χ3n) is 3.07. The Morgan fingerprint density at radius 2 is 1.90 bits per heavy atom. The highest BCUT2D eigenvalue weighted by molar-refractivity contribution is 6.36. The molecule has 110 valence electrons. The Morgan fingerprint density at radius 1 is 1.14 bits per heavy atom. The van der Waals surface area contributed by atoms with Crippen molar-refractivity contribution >= 4 is 34.8 Å². The van der Waals surface area contributed by atoms with Crippen LogP contribution in [-0.4, -0.2) is 12.5 Å². The minimum atomic E-state index is -0.146. The molecular formula is C16H16Cl2N2O. The summed E-state index contributed by atoms with van der Waals surface area (Å²) >= 11 is 11.8. The minimum absolute atomic E-state index is 0.146. The smallest absolute Gasteiger partial charge is 0.238 e. The van der Waals surface area contributed by atoms with Crippen LogP contribution in [0, 0.1) is 6.92 Å². The predicted octanol–water partition coefficient (Wildman–Crippen LogP) is 4.03. The van der Waals surface area contributed by atoms with Crippen LogP contribution in [0.5, 0.6) is 0 Å². The molecule has 5 heteroatoms. The zero-order valence-electron chi connectivity index (χ0n) is 11.6. The van der Waals surface area contributed by atoms with Crippen molar-refractivity contribution in [2.24, 2.45) is 0 Å². The summed E-state index contributed by atoms with van der Waals surface area (Å²) in [5.74, 6) is -0.146. The number of carbonyl (C=O) groups excluding carboxylic acids is 1. The van der Waals surface area contributed by atoms with E-state index < -0.39 is 0 Å². The molecule has 0 spiro atoms. The molecule has 2 aromatic rings. The van der Waals surface area contributed by atoms with Gasteiger partial charge in [0.15, 0.2) is 0 Å². The summed E-state index contributed by atoms with van der Waals surface area (Å²) in [4.78, 5) is 11.9. The van der Waals surface area contributed by atoms with E-state index in [1.807, 2.05) is 31.2 Å². The van der Waals surface area contributed by atoms with Gasteiger partial charge in [0.1, 0.15) is 0 Å². The third kappa shape index (κ3) is 4.74. The van der Waals surface area contributed by atoms with Gasteiger partial charge in [-0.05, 0) is 36.2 Å². The Kier molecular flexibility index (Phi) is 5.62. The van der Waals surface area contributed by atoms with Gasteiger partial charge in [0.25, 0.3) is 0 Å². The lowest BCUT2D eigenvalue weighted by atomic mass is 10.1. The summed E-state index contributed by atoms with van der Waals surface area (Å²) < 4.78 is 0. The van der Waals surface area contributed by atoms with Crippen molar-refractivity contribution in [1.29, 1.82) is 0 Å². The number of nitrogens with one attached hydrogen (secondary N) is 2. The van der Waals surface area contributed by atoms with Crippen LogP contribution in [0.15, 0.2) is 42.5 Å². The largest absolute Gasteiger partial charge is 0.324 e. The second kappa shape index (κ2) is 7.46. The molecule has 0 saturated carbocycles. The Labute approximate surface area is 134 Å². The predicted molar refractivity (Wildman–Crippen MR) is 88.0 cm³/mol. The van der Waals surface area contributed by atoms with E-state index in [9.17, 15) is 4.79 Å². The van der Waals surface area contributed by atoms with Crippen molar-refractivity contribution in [3.63, 3.8) is 0 Å². The average molecular weight is 323 g/mol. The summed E-state index contributed by atoms with van der Waals surface area (Å²) in [6, 6.07) is 13.0. The Balaban J connectivity index is 1.84. The SMILES string of the molecule is Cc1ccccc1CNCC(=O)Nc1ccc(Cl)cc1Cl. The van der Waals surface area contributed by atoms with Crippen LogP contribution in [0.2, 0.25) is 10.0 Å². The summed E-state index contributed by atoms with van der Waals surface area (Å²) in [5.41, 5.74) is 2.93. The van der Waals surface area contributed by atoms with Gasteiger partial charge in [0, 0.05) is 11.6 Å². The number of anilines is 1. The third-order valence-corrected chi connectivity index (χ3v) is 3.62. The number of hydrogen-bond donors (Lipinski definition) is 2. The molecule has 2 N–H and O–H groups in total. The molecule has 0 bridgehead atoms. The zero-order chi connectivity index (χ0) is 15.2.